The number of rotatable bonds is 5. The molecule has 106 valence electrons. The lowest BCUT2D eigenvalue weighted by molar-refractivity contribution is 0.245. The minimum absolute atomic E-state index is 0.733. The van der Waals surface area contributed by atoms with Gasteiger partial charge in [0, 0.05) is 23.2 Å². The van der Waals surface area contributed by atoms with E-state index in [4.69, 9.17) is 5.73 Å². The second-order valence-corrected chi connectivity index (χ2v) is 6.91. The van der Waals surface area contributed by atoms with E-state index in [0.717, 1.165) is 24.8 Å². The highest BCUT2D eigenvalue weighted by Crippen LogP contribution is 2.31. The number of nitrogens with two attached hydrogens (primary N) is 1. The Morgan fingerprint density at radius 2 is 1.90 bits per heavy atom. The Morgan fingerprint density at radius 3 is 2.45 bits per heavy atom. The van der Waals surface area contributed by atoms with Gasteiger partial charge in [0.2, 0.25) is 0 Å². The molecule has 1 aliphatic carbocycles. The molecular formula is C16H21N3S. The molecule has 0 atom stereocenters. The van der Waals surface area contributed by atoms with Gasteiger partial charge in [-0.1, -0.05) is 12.1 Å². The molecule has 4 heteroatoms. The fourth-order valence-corrected chi connectivity index (χ4v) is 3.35. The summed E-state index contributed by atoms with van der Waals surface area (Å²) in [5.41, 5.74) is 9.09. The summed E-state index contributed by atoms with van der Waals surface area (Å²) in [4.78, 5) is 8.55. The minimum Gasteiger partial charge on any atom is -0.399 e. The lowest BCUT2D eigenvalue weighted by atomic mass is 10.2. The number of anilines is 1. The summed E-state index contributed by atoms with van der Waals surface area (Å²) in [7, 11) is 0. The molecule has 0 radical (unpaired) electrons. The highest BCUT2D eigenvalue weighted by atomic mass is 32.1. The first-order valence-electron chi connectivity index (χ1n) is 7.13. The lowest BCUT2D eigenvalue weighted by Crippen LogP contribution is -2.25. The second kappa shape index (κ2) is 5.54. The van der Waals surface area contributed by atoms with Crippen molar-refractivity contribution in [3.05, 3.63) is 45.4 Å². The number of nitrogen functional groups attached to an aromatic ring is 1. The monoisotopic (exact) mass is 287 g/mol. The summed E-state index contributed by atoms with van der Waals surface area (Å²) >= 11 is 1.83. The summed E-state index contributed by atoms with van der Waals surface area (Å²) in [6.45, 7) is 6.20. The van der Waals surface area contributed by atoms with Gasteiger partial charge in [0.05, 0.1) is 12.2 Å². The first-order chi connectivity index (χ1) is 9.61. The molecule has 1 aromatic heterocycles. The minimum atomic E-state index is 0.733. The quantitative estimate of drug-likeness (QED) is 0.856. The first-order valence-corrected chi connectivity index (χ1v) is 7.95. The molecule has 3 nitrogen and oxygen atoms in total. The lowest BCUT2D eigenvalue weighted by Gasteiger charge is -2.20. The molecule has 1 saturated carbocycles. The van der Waals surface area contributed by atoms with Crippen LogP contribution in [0, 0.1) is 13.8 Å². The number of hydrogen-bond acceptors (Lipinski definition) is 4. The van der Waals surface area contributed by atoms with Crippen LogP contribution in [-0.2, 0) is 13.1 Å². The van der Waals surface area contributed by atoms with Crippen LogP contribution in [0.5, 0.6) is 0 Å². The molecule has 0 unspecified atom stereocenters. The largest absolute Gasteiger partial charge is 0.399 e. The summed E-state index contributed by atoms with van der Waals surface area (Å²) in [5, 5.41) is 1.24. The van der Waals surface area contributed by atoms with Gasteiger partial charge in [-0.05, 0) is 44.4 Å². The maximum absolute atomic E-state index is 5.75. The number of thiazole rings is 1. The molecule has 1 aromatic carbocycles. The molecule has 3 rings (SSSR count). The number of benzene rings is 1. The van der Waals surface area contributed by atoms with Crippen molar-refractivity contribution in [2.45, 2.75) is 45.8 Å². The molecule has 1 heterocycles. The first kappa shape index (κ1) is 13.6. The van der Waals surface area contributed by atoms with Gasteiger partial charge in [-0.3, -0.25) is 4.90 Å². The van der Waals surface area contributed by atoms with Crippen molar-refractivity contribution in [2.75, 3.05) is 5.73 Å². The number of aromatic nitrogens is 1. The molecule has 0 bridgehead atoms. The number of aryl methyl sites for hydroxylation is 2. The molecule has 0 saturated heterocycles. The third-order valence-electron chi connectivity index (χ3n) is 3.84. The van der Waals surface area contributed by atoms with Gasteiger partial charge >= 0.3 is 0 Å². The van der Waals surface area contributed by atoms with Crippen LogP contribution in [0.25, 0.3) is 0 Å². The predicted octanol–water partition coefficient (Wildman–Crippen LogP) is 3.51. The van der Waals surface area contributed by atoms with Crippen LogP contribution < -0.4 is 5.73 Å². The molecule has 1 aliphatic rings. The van der Waals surface area contributed by atoms with Crippen LogP contribution in [0.15, 0.2) is 24.3 Å². The fourth-order valence-electron chi connectivity index (χ4n) is 2.39. The van der Waals surface area contributed by atoms with Gasteiger partial charge in [-0.25, -0.2) is 4.98 Å². The third kappa shape index (κ3) is 3.19. The second-order valence-electron chi connectivity index (χ2n) is 5.63. The third-order valence-corrected chi connectivity index (χ3v) is 4.90. The van der Waals surface area contributed by atoms with E-state index in [1.165, 1.54) is 34.0 Å². The van der Waals surface area contributed by atoms with Crippen molar-refractivity contribution < 1.29 is 0 Å². The van der Waals surface area contributed by atoms with Crippen LogP contribution in [-0.4, -0.2) is 15.9 Å². The van der Waals surface area contributed by atoms with Crippen LogP contribution in [0.1, 0.15) is 34.0 Å². The van der Waals surface area contributed by atoms with Gasteiger partial charge < -0.3 is 5.73 Å². The van der Waals surface area contributed by atoms with Gasteiger partial charge in [0.15, 0.2) is 0 Å². The van der Waals surface area contributed by atoms with Gasteiger partial charge in [-0.2, -0.15) is 0 Å². The van der Waals surface area contributed by atoms with E-state index in [-0.39, 0.29) is 0 Å². The number of hydrogen-bond donors (Lipinski definition) is 1. The van der Waals surface area contributed by atoms with Gasteiger partial charge in [0.1, 0.15) is 5.01 Å². The van der Waals surface area contributed by atoms with E-state index in [9.17, 15) is 0 Å². The topological polar surface area (TPSA) is 42.2 Å². The highest BCUT2D eigenvalue weighted by molar-refractivity contribution is 7.11. The summed E-state index contributed by atoms with van der Waals surface area (Å²) in [6, 6.07) is 8.96. The van der Waals surface area contributed by atoms with E-state index in [0.29, 0.717) is 0 Å². The number of nitrogens with zero attached hydrogens (tertiary/aromatic N) is 2. The van der Waals surface area contributed by atoms with Crippen LogP contribution in [0.4, 0.5) is 5.69 Å². The molecule has 0 amide bonds. The summed E-state index contributed by atoms with van der Waals surface area (Å²) < 4.78 is 0. The van der Waals surface area contributed by atoms with E-state index >= 15 is 0 Å². The fraction of sp³-hybridized carbons (Fsp3) is 0.438. The van der Waals surface area contributed by atoms with Crippen molar-refractivity contribution in [1.29, 1.82) is 0 Å². The Balaban J connectivity index is 1.71. The molecule has 1 fully saturated rings. The average molecular weight is 287 g/mol. The normalized spacial score (nSPS) is 14.9. The van der Waals surface area contributed by atoms with Crippen molar-refractivity contribution in [3.8, 4) is 0 Å². The highest BCUT2D eigenvalue weighted by Gasteiger charge is 2.29. The Morgan fingerprint density at radius 1 is 1.20 bits per heavy atom. The molecular weight excluding hydrogens is 266 g/mol. The van der Waals surface area contributed by atoms with Crippen LogP contribution in [0.3, 0.4) is 0 Å². The van der Waals surface area contributed by atoms with Crippen molar-refractivity contribution >= 4 is 17.0 Å². The summed E-state index contributed by atoms with van der Waals surface area (Å²) in [5.74, 6) is 0. The molecule has 20 heavy (non-hydrogen) atoms. The molecule has 0 aliphatic heterocycles. The van der Waals surface area contributed by atoms with E-state index < -0.39 is 0 Å². The van der Waals surface area contributed by atoms with Crippen LogP contribution >= 0.6 is 11.3 Å². The zero-order valence-electron chi connectivity index (χ0n) is 12.1. The van der Waals surface area contributed by atoms with E-state index in [1.54, 1.807) is 0 Å². The van der Waals surface area contributed by atoms with E-state index in [1.807, 2.05) is 23.5 Å². The van der Waals surface area contributed by atoms with Gasteiger partial charge in [0.25, 0.3) is 0 Å². The Hall–Kier alpha value is -1.39. The Labute approximate surface area is 124 Å². The smallest absolute Gasteiger partial charge is 0.107 e. The van der Waals surface area contributed by atoms with Crippen molar-refractivity contribution in [2.24, 2.45) is 0 Å². The standard InChI is InChI=1S/C16H21N3S/c1-11-12(2)20-16(18-11)10-19(15-7-8-15)9-13-3-5-14(17)6-4-13/h3-6,15H,7-10,17H2,1-2H3. The molecule has 2 N–H and O–H groups in total. The zero-order chi connectivity index (χ0) is 14.1. The Kier molecular flexibility index (Phi) is 3.76. The average Bonchev–Trinajstić information content (AvgIpc) is 3.20. The Bertz CT molecular complexity index is 565. The maximum atomic E-state index is 5.75. The SMILES string of the molecule is Cc1nc(CN(Cc2ccc(N)cc2)C2CC2)sc1C. The zero-order valence-corrected chi connectivity index (χ0v) is 12.9. The maximum Gasteiger partial charge on any atom is 0.107 e. The summed E-state index contributed by atoms with van der Waals surface area (Å²) in [6.07, 6.45) is 2.64. The predicted molar refractivity (Wildman–Crippen MR) is 84.7 cm³/mol. The van der Waals surface area contributed by atoms with Crippen molar-refractivity contribution in [1.82, 2.24) is 9.88 Å². The van der Waals surface area contributed by atoms with Crippen LogP contribution in [0.2, 0.25) is 0 Å². The van der Waals surface area contributed by atoms with E-state index in [2.05, 4.69) is 35.9 Å². The van der Waals surface area contributed by atoms with Gasteiger partial charge in [-0.15, -0.1) is 11.3 Å². The van der Waals surface area contributed by atoms with Crippen molar-refractivity contribution in [3.63, 3.8) is 0 Å². The molecule has 2 aromatic rings. The molecule has 0 spiro atoms.